The molecule has 11 heteroatoms. The van der Waals surface area contributed by atoms with Crippen molar-refractivity contribution in [3.05, 3.63) is 46.6 Å². The highest BCUT2D eigenvalue weighted by Gasteiger charge is 2.48. The van der Waals surface area contributed by atoms with Crippen LogP contribution in [0.3, 0.4) is 0 Å². The molecule has 0 aliphatic carbocycles. The molecule has 2 fully saturated rings. The van der Waals surface area contributed by atoms with E-state index in [1.54, 1.807) is 14.1 Å². The fourth-order valence-corrected chi connectivity index (χ4v) is 3.84. The Bertz CT molecular complexity index is 876. The van der Waals surface area contributed by atoms with E-state index in [4.69, 9.17) is 16.7 Å². The molecule has 7 nitrogen and oxygen atoms in total. The van der Waals surface area contributed by atoms with Crippen LogP contribution in [0.15, 0.2) is 35.5 Å². The van der Waals surface area contributed by atoms with Gasteiger partial charge < -0.3 is 20.2 Å². The number of nitrogens with zero attached hydrogens (tertiary/aromatic N) is 4. The van der Waals surface area contributed by atoms with E-state index >= 15 is 0 Å². The van der Waals surface area contributed by atoms with E-state index in [1.165, 1.54) is 21.9 Å². The van der Waals surface area contributed by atoms with Gasteiger partial charge in [-0.1, -0.05) is 24.2 Å². The van der Waals surface area contributed by atoms with Gasteiger partial charge >= 0.3 is 12.2 Å². The van der Waals surface area contributed by atoms with Crippen LogP contribution in [0.25, 0.3) is 0 Å². The zero-order valence-electron chi connectivity index (χ0n) is 16.6. The quantitative estimate of drug-likeness (QED) is 0.684. The Morgan fingerprint density at radius 1 is 1.30 bits per heavy atom. The lowest BCUT2D eigenvalue weighted by atomic mass is 10.0. The largest absolute Gasteiger partial charge is 0.417 e. The molecule has 0 aromatic heterocycles. The molecule has 1 aromatic carbocycles. The number of aliphatic hydroxyl groups excluding tert-OH is 1. The van der Waals surface area contributed by atoms with Gasteiger partial charge in [0.1, 0.15) is 12.2 Å². The number of benzene rings is 1. The minimum absolute atomic E-state index is 0.0211. The average Bonchev–Trinajstić information content (AvgIpc) is 3.01. The third-order valence-electron chi connectivity index (χ3n) is 5.22. The fourth-order valence-electron chi connectivity index (χ4n) is 3.62. The minimum atomic E-state index is -4.59. The second-order valence-electron chi connectivity index (χ2n) is 7.21. The van der Waals surface area contributed by atoms with Gasteiger partial charge in [0.2, 0.25) is 0 Å². The van der Waals surface area contributed by atoms with Gasteiger partial charge in [-0.3, -0.25) is 9.89 Å². The summed E-state index contributed by atoms with van der Waals surface area (Å²) in [5.41, 5.74) is -0.201. The van der Waals surface area contributed by atoms with Gasteiger partial charge in [0, 0.05) is 32.9 Å². The molecule has 0 radical (unpaired) electrons. The van der Waals surface area contributed by atoms with Crippen LogP contribution in [0.2, 0.25) is 5.02 Å². The van der Waals surface area contributed by atoms with E-state index in [0.29, 0.717) is 30.2 Å². The highest BCUT2D eigenvalue weighted by molar-refractivity contribution is 6.31. The van der Waals surface area contributed by atoms with Crippen molar-refractivity contribution < 1.29 is 23.1 Å². The number of amides is 2. The molecule has 2 aliphatic heterocycles. The number of likely N-dealkylation sites (N-methyl/N-ethyl adjacent to an activating group) is 2. The van der Waals surface area contributed by atoms with Crippen LogP contribution in [0, 0.1) is 0 Å². The lowest BCUT2D eigenvalue weighted by Crippen LogP contribution is -2.61. The summed E-state index contributed by atoms with van der Waals surface area (Å²) in [4.78, 5) is 22.0. The van der Waals surface area contributed by atoms with Gasteiger partial charge in [0.15, 0.2) is 5.96 Å². The van der Waals surface area contributed by atoms with Gasteiger partial charge in [-0.15, -0.1) is 0 Å². The Morgan fingerprint density at radius 2 is 2.00 bits per heavy atom. The molecule has 2 atom stereocenters. The molecule has 30 heavy (non-hydrogen) atoms. The highest BCUT2D eigenvalue weighted by atomic mass is 35.5. The van der Waals surface area contributed by atoms with E-state index in [1.807, 2.05) is 4.90 Å². The third kappa shape index (κ3) is 4.06. The molecule has 2 saturated heterocycles. The predicted octanol–water partition coefficient (Wildman–Crippen LogP) is 2.71. The first-order chi connectivity index (χ1) is 14.1. The molecule has 2 N–H and O–H groups in total. The number of alkyl halides is 3. The van der Waals surface area contributed by atoms with Crippen molar-refractivity contribution in [2.24, 2.45) is 4.99 Å². The summed E-state index contributed by atoms with van der Waals surface area (Å²) in [5.74, 6) is 0.562. The summed E-state index contributed by atoms with van der Waals surface area (Å²) in [6, 6.07) is 2.87. The molecular weight excluding hydrogens is 423 g/mol. The molecule has 2 aliphatic rings. The van der Waals surface area contributed by atoms with E-state index in [0.717, 1.165) is 6.07 Å². The van der Waals surface area contributed by atoms with Crippen molar-refractivity contribution >= 4 is 23.6 Å². The average molecular weight is 446 g/mol. The van der Waals surface area contributed by atoms with Crippen LogP contribution in [0.5, 0.6) is 0 Å². The maximum absolute atomic E-state index is 13.2. The van der Waals surface area contributed by atoms with Crippen LogP contribution in [0.1, 0.15) is 17.5 Å². The fraction of sp³-hybridized carbons (Fsp3) is 0.474. The normalized spacial score (nSPS) is 23.3. The summed E-state index contributed by atoms with van der Waals surface area (Å²) in [6.07, 6.45) is -4.49. The summed E-state index contributed by atoms with van der Waals surface area (Å²) in [5, 5.41) is 11.7. The van der Waals surface area contributed by atoms with Crippen LogP contribution in [0.4, 0.5) is 18.0 Å². The summed E-state index contributed by atoms with van der Waals surface area (Å²) >= 11 is 5.69. The molecule has 0 spiro atoms. The topological polar surface area (TPSA) is 71.4 Å². The van der Waals surface area contributed by atoms with E-state index in [-0.39, 0.29) is 25.2 Å². The summed E-state index contributed by atoms with van der Waals surface area (Å²) in [7, 11) is 3.41. The van der Waals surface area contributed by atoms with Crippen LogP contribution < -0.4 is 5.32 Å². The maximum atomic E-state index is 13.2. The van der Waals surface area contributed by atoms with Crippen molar-refractivity contribution in [3.8, 4) is 0 Å². The number of urea groups is 1. The van der Waals surface area contributed by atoms with Crippen molar-refractivity contribution in [1.82, 2.24) is 20.0 Å². The lowest BCUT2D eigenvalue weighted by Gasteiger charge is -2.43. The number of aliphatic hydroxyl groups is 1. The van der Waals surface area contributed by atoms with Crippen LogP contribution in [-0.2, 0) is 12.7 Å². The zero-order valence-corrected chi connectivity index (χ0v) is 17.3. The molecule has 2 amide bonds. The number of nitrogens with one attached hydrogen (secondary N) is 1. The van der Waals surface area contributed by atoms with Crippen molar-refractivity contribution in [2.45, 2.75) is 31.3 Å². The van der Waals surface area contributed by atoms with Crippen molar-refractivity contribution in [1.29, 1.82) is 0 Å². The summed E-state index contributed by atoms with van der Waals surface area (Å²) < 4.78 is 39.6. The number of hydrogen-bond donors (Lipinski definition) is 2. The van der Waals surface area contributed by atoms with Gasteiger partial charge in [0.05, 0.1) is 17.1 Å². The molecular formula is C19H23ClF3N5O2. The molecule has 164 valence electrons. The zero-order chi connectivity index (χ0) is 22.2. The number of carbonyl (C=O) groups is 1. The predicted molar refractivity (Wildman–Crippen MR) is 107 cm³/mol. The van der Waals surface area contributed by atoms with Crippen molar-refractivity contribution in [2.75, 3.05) is 27.2 Å². The van der Waals surface area contributed by atoms with Crippen molar-refractivity contribution in [3.63, 3.8) is 0 Å². The number of halogens is 4. The molecule has 3 rings (SSSR count). The van der Waals surface area contributed by atoms with Crippen LogP contribution >= 0.6 is 11.6 Å². The number of fused-ring (bicyclic) bond motifs is 1. The second kappa shape index (κ2) is 8.35. The highest BCUT2D eigenvalue weighted by Crippen LogP contribution is 2.36. The standard InChI is InChI=1S/C19H23ClF3N5O2/c1-11-15-16(25-17(26(15)2)24-7-4-8-29)27(3)18(30)28(11)10-12-5-6-14(20)13(9-12)19(21,22)23/h5-6,9,15-16,29H,1,4,7-8,10H2,2-3H3,(H,24,25). The SMILES string of the molecule is C=C1C2C(NC(=NCCCO)N2C)N(C)C(=O)N1Cc1ccc(Cl)c(C(F)(F)F)c1. The van der Waals surface area contributed by atoms with Gasteiger partial charge in [0.25, 0.3) is 0 Å². The molecule has 1 aromatic rings. The summed E-state index contributed by atoms with van der Waals surface area (Å²) in [6.45, 7) is 4.41. The Hall–Kier alpha value is -2.46. The Labute approximate surface area is 177 Å². The maximum Gasteiger partial charge on any atom is 0.417 e. The monoisotopic (exact) mass is 445 g/mol. The second-order valence-corrected chi connectivity index (χ2v) is 7.62. The first-order valence-corrected chi connectivity index (χ1v) is 9.67. The van der Waals surface area contributed by atoms with E-state index in [9.17, 15) is 18.0 Å². The number of guanidine groups is 1. The first kappa shape index (κ1) is 22.2. The van der Waals surface area contributed by atoms with Gasteiger partial charge in [-0.25, -0.2) is 4.79 Å². The lowest BCUT2D eigenvalue weighted by molar-refractivity contribution is -0.137. The molecule has 0 bridgehead atoms. The van der Waals surface area contributed by atoms with E-state index in [2.05, 4.69) is 16.9 Å². The number of carbonyl (C=O) groups excluding carboxylic acids is 1. The van der Waals surface area contributed by atoms with E-state index < -0.39 is 22.9 Å². The number of rotatable bonds is 5. The van der Waals surface area contributed by atoms with Gasteiger partial charge in [-0.2, -0.15) is 13.2 Å². The Morgan fingerprint density at radius 3 is 2.63 bits per heavy atom. The molecule has 0 saturated carbocycles. The number of hydrogen-bond acceptors (Lipinski definition) is 3. The minimum Gasteiger partial charge on any atom is -0.396 e. The van der Waals surface area contributed by atoms with Crippen LogP contribution in [-0.4, -0.2) is 71.3 Å². The first-order valence-electron chi connectivity index (χ1n) is 9.29. The third-order valence-corrected chi connectivity index (χ3v) is 5.55. The Balaban J connectivity index is 1.86. The van der Waals surface area contributed by atoms with Gasteiger partial charge in [-0.05, 0) is 24.1 Å². The molecule has 2 heterocycles. The number of aliphatic imine (C=N–C) groups is 1. The smallest absolute Gasteiger partial charge is 0.396 e. The molecule has 2 unspecified atom stereocenters. The Kier molecular flexibility index (Phi) is 6.19.